The van der Waals surface area contributed by atoms with Gasteiger partial charge in [-0.1, -0.05) is 48.2 Å². The van der Waals surface area contributed by atoms with Gasteiger partial charge in [0.05, 0.1) is 5.69 Å². The number of hydrogen-bond acceptors (Lipinski definition) is 6. The Bertz CT molecular complexity index is 1070. The van der Waals surface area contributed by atoms with Crippen LogP contribution >= 0.6 is 11.8 Å². The monoisotopic (exact) mass is 452 g/mol. The van der Waals surface area contributed by atoms with Crippen molar-refractivity contribution in [3.8, 4) is 0 Å². The maximum absolute atomic E-state index is 13.0. The molecule has 1 fully saturated rings. The van der Waals surface area contributed by atoms with E-state index in [4.69, 9.17) is 4.74 Å². The molecule has 0 aliphatic carbocycles. The van der Waals surface area contributed by atoms with Gasteiger partial charge in [-0.25, -0.2) is 4.79 Å². The third-order valence-electron chi connectivity index (χ3n) is 5.62. The van der Waals surface area contributed by atoms with Gasteiger partial charge < -0.3 is 10.1 Å². The Morgan fingerprint density at radius 1 is 1.12 bits per heavy atom. The van der Waals surface area contributed by atoms with Crippen LogP contribution in [-0.2, 0) is 25.5 Å². The molecule has 0 radical (unpaired) electrons. The Balaban J connectivity index is 1.35. The molecule has 4 rings (SSSR count). The molecular formula is C24H24N2O5S. The van der Waals surface area contributed by atoms with E-state index in [9.17, 15) is 19.2 Å². The van der Waals surface area contributed by atoms with Gasteiger partial charge in [-0.05, 0) is 30.5 Å². The fourth-order valence-electron chi connectivity index (χ4n) is 4.01. The highest BCUT2D eigenvalue weighted by molar-refractivity contribution is 8.02. The molecule has 1 atom stereocenters. The normalized spacial score (nSPS) is 18.8. The summed E-state index contributed by atoms with van der Waals surface area (Å²) in [6, 6.07) is 14.6. The first kappa shape index (κ1) is 22.1. The lowest BCUT2D eigenvalue weighted by atomic mass is 10.1. The Morgan fingerprint density at radius 3 is 2.62 bits per heavy atom. The van der Waals surface area contributed by atoms with E-state index in [0.717, 1.165) is 29.0 Å². The van der Waals surface area contributed by atoms with Crippen LogP contribution < -0.4 is 10.2 Å². The molecule has 32 heavy (non-hydrogen) atoms. The number of carbonyl (C=O) groups excluding carboxylic acids is 4. The molecule has 2 amide bonds. The zero-order valence-electron chi connectivity index (χ0n) is 17.8. The second-order valence-electron chi connectivity index (χ2n) is 7.87. The van der Waals surface area contributed by atoms with Gasteiger partial charge in [0, 0.05) is 36.8 Å². The lowest BCUT2D eigenvalue weighted by Gasteiger charge is -2.28. The first-order valence-electron chi connectivity index (χ1n) is 10.6. The maximum atomic E-state index is 13.0. The minimum absolute atomic E-state index is 0.0509. The molecule has 7 nitrogen and oxygen atoms in total. The summed E-state index contributed by atoms with van der Waals surface area (Å²) in [5, 5.41) is 2.75. The van der Waals surface area contributed by atoms with E-state index in [-0.39, 0.29) is 30.6 Å². The highest BCUT2D eigenvalue weighted by atomic mass is 32.2. The number of rotatable bonds is 8. The average Bonchev–Trinajstić information content (AvgIpc) is 3.30. The zero-order valence-corrected chi connectivity index (χ0v) is 18.6. The van der Waals surface area contributed by atoms with Crippen LogP contribution in [0.3, 0.4) is 0 Å². The summed E-state index contributed by atoms with van der Waals surface area (Å²) in [4.78, 5) is 50.2. The molecule has 2 aliphatic heterocycles. The number of hydrogen-bond donors (Lipinski definition) is 1. The van der Waals surface area contributed by atoms with Gasteiger partial charge in [-0.2, -0.15) is 0 Å². The fraction of sp³-hybridized carbons (Fsp3) is 0.333. The molecule has 0 bridgehead atoms. The number of amides is 2. The van der Waals surface area contributed by atoms with Crippen molar-refractivity contribution in [1.29, 1.82) is 0 Å². The number of nitrogens with zero attached hydrogens (tertiary/aromatic N) is 1. The summed E-state index contributed by atoms with van der Waals surface area (Å²) < 4.78 is 5.42. The number of ether oxygens (including phenoxy) is 1. The lowest BCUT2D eigenvalue weighted by Crippen LogP contribution is -2.48. The van der Waals surface area contributed by atoms with Crippen LogP contribution in [0.5, 0.6) is 0 Å². The number of esters is 1. The van der Waals surface area contributed by atoms with Gasteiger partial charge >= 0.3 is 5.97 Å². The minimum Gasteiger partial charge on any atom is -0.455 e. The molecule has 2 aliphatic rings. The van der Waals surface area contributed by atoms with E-state index in [1.54, 1.807) is 12.1 Å². The van der Waals surface area contributed by atoms with Crippen molar-refractivity contribution >= 4 is 41.0 Å². The molecular weight excluding hydrogens is 428 g/mol. The molecule has 0 aromatic heterocycles. The van der Waals surface area contributed by atoms with Crippen LogP contribution in [0.4, 0.5) is 5.69 Å². The molecule has 2 aromatic carbocycles. The third-order valence-corrected chi connectivity index (χ3v) is 7.07. The van der Waals surface area contributed by atoms with Crippen molar-refractivity contribution in [3.05, 3.63) is 59.7 Å². The second kappa shape index (κ2) is 9.16. The van der Waals surface area contributed by atoms with Crippen molar-refractivity contribution in [2.75, 3.05) is 18.1 Å². The number of anilines is 1. The molecule has 0 spiro atoms. The summed E-state index contributed by atoms with van der Waals surface area (Å²) in [5.41, 5.74) is 2.24. The highest BCUT2D eigenvalue weighted by Crippen LogP contribution is 2.56. The Labute approximate surface area is 190 Å². The lowest BCUT2D eigenvalue weighted by molar-refractivity contribution is -0.145. The summed E-state index contributed by atoms with van der Waals surface area (Å²) >= 11 is 1.32. The van der Waals surface area contributed by atoms with Crippen molar-refractivity contribution in [2.24, 2.45) is 0 Å². The number of fused-ring (bicyclic) bond motifs is 3. The predicted octanol–water partition coefficient (Wildman–Crippen LogP) is 3.11. The smallest absolute Gasteiger partial charge is 0.343 e. The van der Waals surface area contributed by atoms with Crippen LogP contribution in [0.25, 0.3) is 0 Å². The number of carbonyl (C=O) groups is 4. The van der Waals surface area contributed by atoms with Crippen molar-refractivity contribution in [3.63, 3.8) is 0 Å². The van der Waals surface area contributed by atoms with E-state index >= 15 is 0 Å². The largest absolute Gasteiger partial charge is 0.455 e. The van der Waals surface area contributed by atoms with Gasteiger partial charge in [0.1, 0.15) is 0 Å². The number of benzene rings is 2. The molecule has 8 heteroatoms. The fourth-order valence-corrected chi connectivity index (χ4v) is 5.43. The second-order valence-corrected chi connectivity index (χ2v) is 9.19. The average molecular weight is 453 g/mol. The summed E-state index contributed by atoms with van der Waals surface area (Å²) in [5.74, 6) is -1.02. The van der Waals surface area contributed by atoms with Gasteiger partial charge in [-0.15, -0.1) is 0 Å². The van der Waals surface area contributed by atoms with Gasteiger partial charge in [0.25, 0.3) is 0 Å². The standard InChI is InChI=1S/C24H24N2O5S/c1-16(27)25-14-4-5-17-8-10-18(11-9-17)20(28)15-31-23(30)24-13-12-22(29)26(24)19-6-2-3-7-21(19)32-24/h2-3,6-11H,4-5,12-15H2,1H3,(H,25,27)/t24-/m0/s1. The highest BCUT2D eigenvalue weighted by Gasteiger charge is 2.58. The van der Waals surface area contributed by atoms with E-state index in [0.29, 0.717) is 18.5 Å². The zero-order chi connectivity index (χ0) is 22.7. The number of aryl methyl sites for hydroxylation is 1. The molecule has 2 aromatic rings. The van der Waals surface area contributed by atoms with E-state index < -0.39 is 10.8 Å². The maximum Gasteiger partial charge on any atom is 0.343 e. The van der Waals surface area contributed by atoms with Crippen LogP contribution in [0.2, 0.25) is 0 Å². The summed E-state index contributed by atoms with van der Waals surface area (Å²) in [7, 11) is 0. The third kappa shape index (κ3) is 4.27. The SMILES string of the molecule is CC(=O)NCCCc1ccc(C(=O)COC(=O)[C@@]23CCC(=O)N2c2ccccc2S3)cc1. The number of para-hydroxylation sites is 1. The molecule has 166 valence electrons. The van der Waals surface area contributed by atoms with Crippen LogP contribution in [0.15, 0.2) is 53.4 Å². The van der Waals surface area contributed by atoms with E-state index in [1.807, 2.05) is 36.4 Å². The Morgan fingerprint density at radius 2 is 1.88 bits per heavy atom. The van der Waals surface area contributed by atoms with E-state index in [1.165, 1.54) is 23.6 Å². The summed E-state index contributed by atoms with van der Waals surface area (Å²) in [6.45, 7) is 1.72. The van der Waals surface area contributed by atoms with Crippen molar-refractivity contribution in [2.45, 2.75) is 42.4 Å². The predicted molar refractivity (Wildman–Crippen MR) is 120 cm³/mol. The topological polar surface area (TPSA) is 92.8 Å². The number of ketones is 1. The molecule has 0 unspecified atom stereocenters. The minimum atomic E-state index is -1.13. The Kier molecular flexibility index (Phi) is 6.32. The quantitative estimate of drug-likeness (QED) is 0.376. The van der Waals surface area contributed by atoms with E-state index in [2.05, 4.69) is 5.32 Å². The molecule has 1 N–H and O–H groups in total. The van der Waals surface area contributed by atoms with Crippen LogP contribution in [-0.4, -0.2) is 41.6 Å². The molecule has 0 saturated carbocycles. The van der Waals surface area contributed by atoms with Gasteiger partial charge in [0.2, 0.25) is 11.8 Å². The van der Waals surface area contributed by atoms with Crippen LogP contribution in [0, 0.1) is 0 Å². The first-order valence-corrected chi connectivity index (χ1v) is 11.4. The number of Topliss-reactive ketones (excluding diaryl/α,β-unsaturated/α-hetero) is 1. The molecule has 1 saturated heterocycles. The summed E-state index contributed by atoms with van der Waals surface area (Å²) in [6.07, 6.45) is 2.22. The van der Waals surface area contributed by atoms with Crippen molar-refractivity contribution in [1.82, 2.24) is 5.32 Å². The van der Waals surface area contributed by atoms with Crippen LogP contribution in [0.1, 0.15) is 42.1 Å². The molecule has 2 heterocycles. The number of thioether (sulfide) groups is 1. The first-order chi connectivity index (χ1) is 15.4. The van der Waals surface area contributed by atoms with Crippen molar-refractivity contribution < 1.29 is 23.9 Å². The Hall–Kier alpha value is -3.13. The van der Waals surface area contributed by atoms with Gasteiger partial charge in [0.15, 0.2) is 17.3 Å². The number of nitrogens with one attached hydrogen (secondary N) is 1. The van der Waals surface area contributed by atoms with Gasteiger partial charge in [-0.3, -0.25) is 19.3 Å².